The molecule has 154 valence electrons. The van der Waals surface area contributed by atoms with Crippen molar-refractivity contribution in [3.05, 3.63) is 63.7 Å². The number of likely N-dealkylation sites (tertiary alicyclic amines) is 1. The Balaban J connectivity index is 0.00000240. The standard InChI is InChI=1S/C22H21Cl2FN2S.ClH/c1-27-10-2-3-16(27)8-9-26-20-13-22(14-4-6-18(23)19(24)11-14)28-21-7-5-15(25)12-17(20)21;/h4-7,11-13,16H,2-3,8-10H2,1H3;1H. The second kappa shape index (κ2) is 9.76. The van der Waals surface area contributed by atoms with Gasteiger partial charge in [-0.2, -0.15) is 0 Å². The molecule has 4 rings (SSSR count). The van der Waals surface area contributed by atoms with Crippen molar-refractivity contribution in [3.63, 3.8) is 0 Å². The minimum absolute atomic E-state index is 0. The van der Waals surface area contributed by atoms with Gasteiger partial charge in [0.05, 0.1) is 15.4 Å². The third-order valence-electron chi connectivity index (χ3n) is 5.33. The van der Waals surface area contributed by atoms with Crippen molar-refractivity contribution in [2.75, 3.05) is 20.1 Å². The van der Waals surface area contributed by atoms with Crippen LogP contribution in [0.2, 0.25) is 10.0 Å². The first-order valence-corrected chi connectivity index (χ1v) is 11.0. The first-order chi connectivity index (χ1) is 13.5. The maximum absolute atomic E-state index is 13.9. The van der Waals surface area contributed by atoms with Gasteiger partial charge in [-0.25, -0.2) is 4.39 Å². The van der Waals surface area contributed by atoms with E-state index >= 15 is 0 Å². The molecule has 2 nitrogen and oxygen atoms in total. The highest BCUT2D eigenvalue weighted by Gasteiger charge is 2.19. The summed E-state index contributed by atoms with van der Waals surface area (Å²) in [7, 11) is 2.18. The third kappa shape index (κ3) is 5.12. The molecule has 0 radical (unpaired) electrons. The van der Waals surface area contributed by atoms with Crippen LogP contribution in [-0.2, 0) is 0 Å². The molecule has 2 heterocycles. The lowest BCUT2D eigenvalue weighted by molar-refractivity contribution is 0.299. The largest absolute Gasteiger partial charge is 0.303 e. The van der Waals surface area contributed by atoms with Gasteiger partial charge >= 0.3 is 0 Å². The molecule has 0 saturated carbocycles. The predicted molar refractivity (Wildman–Crippen MR) is 125 cm³/mol. The van der Waals surface area contributed by atoms with Crippen LogP contribution in [0.1, 0.15) is 19.3 Å². The number of hydrogen-bond donors (Lipinski definition) is 0. The first kappa shape index (κ1) is 22.5. The van der Waals surface area contributed by atoms with Crippen LogP contribution in [0.15, 0.2) is 47.5 Å². The summed E-state index contributed by atoms with van der Waals surface area (Å²) in [6, 6.07) is 13.1. The molecule has 3 aromatic rings. The second-order valence-corrected chi connectivity index (χ2v) is 9.11. The molecule has 2 aromatic carbocycles. The molecular formula is C22H22Cl3FN2S. The molecule has 1 fully saturated rings. The number of hydrogen-bond acceptors (Lipinski definition) is 3. The van der Waals surface area contributed by atoms with E-state index in [9.17, 15) is 4.39 Å². The summed E-state index contributed by atoms with van der Waals surface area (Å²) in [5.41, 5.74) is 0.984. The summed E-state index contributed by atoms with van der Waals surface area (Å²) in [6.07, 6.45) is 3.50. The minimum Gasteiger partial charge on any atom is -0.303 e. The van der Waals surface area contributed by atoms with E-state index in [0.717, 1.165) is 45.4 Å². The summed E-state index contributed by atoms with van der Waals surface area (Å²) in [5, 5.41) is 2.74. The monoisotopic (exact) mass is 470 g/mol. The number of fused-ring (bicyclic) bond motifs is 1. The van der Waals surface area contributed by atoms with Crippen molar-refractivity contribution in [1.29, 1.82) is 0 Å². The Labute approximate surface area is 190 Å². The van der Waals surface area contributed by atoms with Crippen LogP contribution >= 0.6 is 46.9 Å². The molecule has 0 bridgehead atoms. The molecular weight excluding hydrogens is 450 g/mol. The van der Waals surface area contributed by atoms with E-state index < -0.39 is 0 Å². The molecule has 0 amide bonds. The van der Waals surface area contributed by atoms with Gasteiger partial charge in [-0.1, -0.05) is 29.3 Å². The summed E-state index contributed by atoms with van der Waals surface area (Å²) in [4.78, 5) is 8.29. The highest BCUT2D eigenvalue weighted by atomic mass is 35.5. The maximum atomic E-state index is 13.9. The average molecular weight is 472 g/mol. The van der Waals surface area contributed by atoms with Gasteiger partial charge < -0.3 is 4.90 Å². The van der Waals surface area contributed by atoms with E-state index in [2.05, 4.69) is 11.9 Å². The van der Waals surface area contributed by atoms with Crippen molar-refractivity contribution >= 4 is 57.0 Å². The molecule has 1 aromatic heterocycles. The van der Waals surface area contributed by atoms with Crippen molar-refractivity contribution in [3.8, 4) is 10.4 Å². The molecule has 0 N–H and O–H groups in total. The molecule has 1 atom stereocenters. The van der Waals surface area contributed by atoms with Gasteiger partial charge in [-0.05, 0) is 74.8 Å². The van der Waals surface area contributed by atoms with Gasteiger partial charge in [0.25, 0.3) is 0 Å². The van der Waals surface area contributed by atoms with Crippen LogP contribution in [0, 0.1) is 5.82 Å². The number of nitrogens with zero attached hydrogens (tertiary/aromatic N) is 2. The third-order valence-corrected chi connectivity index (χ3v) is 7.21. The quantitative estimate of drug-likeness (QED) is 0.407. The smallest absolute Gasteiger partial charge is 0.123 e. The Hall–Kier alpha value is -1.17. The van der Waals surface area contributed by atoms with Crippen LogP contribution in [0.25, 0.3) is 20.5 Å². The van der Waals surface area contributed by atoms with Gasteiger partial charge in [0, 0.05) is 27.5 Å². The Morgan fingerprint density at radius 3 is 2.69 bits per heavy atom. The topological polar surface area (TPSA) is 15.6 Å². The zero-order valence-corrected chi connectivity index (χ0v) is 19.1. The number of benzene rings is 2. The zero-order chi connectivity index (χ0) is 19.7. The van der Waals surface area contributed by atoms with Crippen LogP contribution in [-0.4, -0.2) is 31.1 Å². The van der Waals surface area contributed by atoms with Crippen LogP contribution in [0.3, 0.4) is 0 Å². The highest BCUT2D eigenvalue weighted by molar-refractivity contribution is 7.21. The van der Waals surface area contributed by atoms with E-state index in [1.807, 2.05) is 24.3 Å². The van der Waals surface area contributed by atoms with Gasteiger partial charge in [-0.15, -0.1) is 23.7 Å². The van der Waals surface area contributed by atoms with Crippen LogP contribution in [0.4, 0.5) is 4.39 Å². The fraction of sp³-hybridized carbons (Fsp3) is 0.318. The van der Waals surface area contributed by atoms with Crippen molar-refractivity contribution in [2.24, 2.45) is 4.99 Å². The number of rotatable bonds is 4. The fourth-order valence-corrected chi connectivity index (χ4v) is 5.10. The summed E-state index contributed by atoms with van der Waals surface area (Å²) in [5.74, 6) is -0.242. The lowest BCUT2D eigenvalue weighted by Crippen LogP contribution is -2.25. The normalized spacial score (nSPS) is 17.7. The van der Waals surface area contributed by atoms with E-state index in [0.29, 0.717) is 16.1 Å². The van der Waals surface area contributed by atoms with Crippen molar-refractivity contribution in [2.45, 2.75) is 25.3 Å². The highest BCUT2D eigenvalue weighted by Crippen LogP contribution is 2.32. The van der Waals surface area contributed by atoms with E-state index in [4.69, 9.17) is 28.2 Å². The number of halogens is 4. The van der Waals surface area contributed by atoms with Crippen LogP contribution < -0.4 is 5.36 Å². The first-order valence-electron chi connectivity index (χ1n) is 9.41. The molecule has 29 heavy (non-hydrogen) atoms. The van der Waals surface area contributed by atoms with Crippen LogP contribution in [0.5, 0.6) is 0 Å². The zero-order valence-electron chi connectivity index (χ0n) is 16.0. The molecule has 7 heteroatoms. The Morgan fingerprint density at radius 2 is 1.97 bits per heavy atom. The summed E-state index contributed by atoms with van der Waals surface area (Å²) >= 11 is 13.9. The molecule has 1 aliphatic rings. The minimum atomic E-state index is -0.242. The molecule has 0 aliphatic carbocycles. The fourth-order valence-electron chi connectivity index (χ4n) is 3.74. The molecule has 1 unspecified atom stereocenters. The lowest BCUT2D eigenvalue weighted by atomic mass is 10.1. The van der Waals surface area contributed by atoms with Gasteiger partial charge in [0.2, 0.25) is 0 Å². The van der Waals surface area contributed by atoms with Gasteiger partial charge in [-0.3, -0.25) is 4.99 Å². The average Bonchev–Trinajstić information content (AvgIpc) is 3.09. The maximum Gasteiger partial charge on any atom is 0.123 e. The molecule has 1 aliphatic heterocycles. The van der Waals surface area contributed by atoms with E-state index in [1.165, 1.54) is 18.9 Å². The molecule has 1 saturated heterocycles. The predicted octanol–water partition coefficient (Wildman–Crippen LogP) is 6.82. The van der Waals surface area contributed by atoms with Crippen molar-refractivity contribution < 1.29 is 4.39 Å². The molecule has 0 spiro atoms. The SMILES string of the molecule is CN1CCCC1CCN=c1cc(-c2ccc(Cl)c(Cl)c2)sc2ccc(F)cc12.Cl. The Kier molecular flexibility index (Phi) is 7.58. The van der Waals surface area contributed by atoms with E-state index in [-0.39, 0.29) is 18.2 Å². The Morgan fingerprint density at radius 1 is 1.14 bits per heavy atom. The van der Waals surface area contributed by atoms with Gasteiger partial charge in [0.15, 0.2) is 0 Å². The second-order valence-electron chi connectivity index (χ2n) is 7.21. The summed E-state index contributed by atoms with van der Waals surface area (Å²) < 4.78 is 14.9. The van der Waals surface area contributed by atoms with E-state index in [1.54, 1.807) is 23.5 Å². The Bertz CT molecular complexity index is 1080. The lowest BCUT2D eigenvalue weighted by Gasteiger charge is -2.17. The van der Waals surface area contributed by atoms with Crippen molar-refractivity contribution in [1.82, 2.24) is 4.90 Å². The summed E-state index contributed by atoms with van der Waals surface area (Å²) in [6.45, 7) is 1.89. The van der Waals surface area contributed by atoms with Gasteiger partial charge in [0.1, 0.15) is 5.82 Å².